The van der Waals surface area contributed by atoms with Crippen molar-refractivity contribution < 1.29 is 8.95 Å². The Morgan fingerprint density at radius 3 is 2.48 bits per heavy atom. The average molecular weight is 303 g/mol. The predicted octanol–water partition coefficient (Wildman–Crippen LogP) is 3.08. The van der Waals surface area contributed by atoms with Crippen LogP contribution in [0.3, 0.4) is 0 Å². The largest absolute Gasteiger partial charge is 0.496 e. The maximum Gasteiger partial charge on any atom is 0.123 e. The topological polar surface area (TPSA) is 52.3 Å². The van der Waals surface area contributed by atoms with E-state index in [-0.39, 0.29) is 0 Å². The summed E-state index contributed by atoms with van der Waals surface area (Å²) >= 11 is 0. The van der Waals surface area contributed by atoms with E-state index in [1.54, 1.807) is 7.11 Å². The summed E-state index contributed by atoms with van der Waals surface area (Å²) in [5, 5.41) is 0. The van der Waals surface area contributed by atoms with Crippen molar-refractivity contribution in [3.8, 4) is 5.75 Å². The third kappa shape index (κ3) is 3.71. The van der Waals surface area contributed by atoms with Crippen molar-refractivity contribution in [1.82, 2.24) is 0 Å². The first-order chi connectivity index (χ1) is 10.0. The lowest BCUT2D eigenvalue weighted by Gasteiger charge is -2.10. The first-order valence-corrected chi connectivity index (χ1v) is 8.18. The molecule has 0 bridgehead atoms. The SMILES string of the molecule is COc1ccc(CS(=O)c2ccc(C)c(C)c2)cc1CN. The van der Waals surface area contributed by atoms with E-state index in [9.17, 15) is 4.21 Å². The first-order valence-electron chi connectivity index (χ1n) is 6.86. The second-order valence-electron chi connectivity index (χ2n) is 5.09. The highest BCUT2D eigenvalue weighted by Crippen LogP contribution is 2.22. The number of aryl methyl sites for hydroxylation is 2. The molecular weight excluding hydrogens is 282 g/mol. The molecule has 0 amide bonds. The van der Waals surface area contributed by atoms with Gasteiger partial charge in [-0.15, -0.1) is 0 Å². The second-order valence-corrected chi connectivity index (χ2v) is 6.54. The fourth-order valence-corrected chi connectivity index (χ4v) is 3.35. The molecule has 0 saturated heterocycles. The Kier molecular flexibility index (Phi) is 5.15. The lowest BCUT2D eigenvalue weighted by Crippen LogP contribution is -2.03. The Labute approximate surface area is 128 Å². The van der Waals surface area contributed by atoms with Gasteiger partial charge in [0, 0.05) is 17.0 Å². The highest BCUT2D eigenvalue weighted by molar-refractivity contribution is 7.84. The lowest BCUT2D eigenvalue weighted by molar-refractivity contribution is 0.409. The molecule has 0 saturated carbocycles. The van der Waals surface area contributed by atoms with Gasteiger partial charge in [-0.2, -0.15) is 0 Å². The molecule has 0 radical (unpaired) electrons. The molecule has 21 heavy (non-hydrogen) atoms. The monoisotopic (exact) mass is 303 g/mol. The molecule has 0 spiro atoms. The van der Waals surface area contributed by atoms with Crippen LogP contribution in [-0.2, 0) is 23.1 Å². The molecule has 0 aromatic heterocycles. The Bertz CT molecular complexity index is 668. The highest BCUT2D eigenvalue weighted by atomic mass is 32.2. The number of hydrogen-bond donors (Lipinski definition) is 1. The molecule has 0 aliphatic carbocycles. The molecular formula is C17H21NO2S. The van der Waals surface area contributed by atoms with Crippen molar-refractivity contribution in [1.29, 1.82) is 0 Å². The Hall–Kier alpha value is -1.65. The van der Waals surface area contributed by atoms with Gasteiger partial charge in [0.1, 0.15) is 5.75 Å². The number of benzene rings is 2. The highest BCUT2D eigenvalue weighted by Gasteiger charge is 2.09. The average Bonchev–Trinajstić information content (AvgIpc) is 2.49. The van der Waals surface area contributed by atoms with Crippen LogP contribution in [0.15, 0.2) is 41.3 Å². The molecule has 2 aromatic carbocycles. The molecule has 112 valence electrons. The van der Waals surface area contributed by atoms with E-state index in [1.807, 2.05) is 43.3 Å². The van der Waals surface area contributed by atoms with Gasteiger partial charge in [0.25, 0.3) is 0 Å². The number of nitrogens with two attached hydrogens (primary N) is 1. The third-order valence-electron chi connectivity index (χ3n) is 3.60. The smallest absolute Gasteiger partial charge is 0.123 e. The number of rotatable bonds is 5. The minimum absolute atomic E-state index is 0.410. The summed E-state index contributed by atoms with van der Waals surface area (Å²) in [6.07, 6.45) is 0. The van der Waals surface area contributed by atoms with E-state index < -0.39 is 10.8 Å². The van der Waals surface area contributed by atoms with Gasteiger partial charge < -0.3 is 10.5 Å². The van der Waals surface area contributed by atoms with Gasteiger partial charge in [-0.25, -0.2) is 0 Å². The van der Waals surface area contributed by atoms with Gasteiger partial charge >= 0.3 is 0 Å². The summed E-state index contributed by atoms with van der Waals surface area (Å²) in [6.45, 7) is 4.50. The van der Waals surface area contributed by atoms with Gasteiger partial charge in [-0.1, -0.05) is 12.1 Å². The zero-order chi connectivity index (χ0) is 15.4. The lowest BCUT2D eigenvalue weighted by atomic mass is 10.1. The van der Waals surface area contributed by atoms with Gasteiger partial charge in [0.15, 0.2) is 0 Å². The maximum absolute atomic E-state index is 12.5. The van der Waals surface area contributed by atoms with Crippen molar-refractivity contribution in [2.24, 2.45) is 5.73 Å². The molecule has 1 atom stereocenters. The quantitative estimate of drug-likeness (QED) is 0.923. The van der Waals surface area contributed by atoms with E-state index in [1.165, 1.54) is 11.1 Å². The first kappa shape index (κ1) is 15.7. The van der Waals surface area contributed by atoms with E-state index >= 15 is 0 Å². The number of ether oxygens (including phenoxy) is 1. The normalized spacial score (nSPS) is 12.2. The van der Waals surface area contributed by atoms with E-state index in [2.05, 4.69) is 6.92 Å². The summed E-state index contributed by atoms with van der Waals surface area (Å²) in [6, 6.07) is 11.7. The van der Waals surface area contributed by atoms with Crippen LogP contribution < -0.4 is 10.5 Å². The van der Waals surface area contributed by atoms with Gasteiger partial charge in [-0.05, 0) is 54.8 Å². The zero-order valence-corrected chi connectivity index (χ0v) is 13.5. The Morgan fingerprint density at radius 1 is 1.10 bits per heavy atom. The molecule has 4 heteroatoms. The number of hydrogen-bond acceptors (Lipinski definition) is 3. The molecule has 2 N–H and O–H groups in total. The van der Waals surface area contributed by atoms with E-state index in [4.69, 9.17) is 10.5 Å². The maximum atomic E-state index is 12.5. The summed E-state index contributed by atoms with van der Waals surface area (Å²) in [7, 11) is 0.573. The van der Waals surface area contributed by atoms with Crippen LogP contribution in [0, 0.1) is 13.8 Å². The molecule has 0 aliphatic rings. The Morgan fingerprint density at radius 2 is 1.86 bits per heavy atom. The molecule has 2 rings (SSSR count). The summed E-state index contributed by atoms with van der Waals surface area (Å²) in [5.74, 6) is 1.26. The number of methoxy groups -OCH3 is 1. The van der Waals surface area contributed by atoms with Crippen molar-refractivity contribution in [2.45, 2.75) is 31.0 Å². The Balaban J connectivity index is 2.21. The van der Waals surface area contributed by atoms with Gasteiger partial charge in [0.05, 0.1) is 23.7 Å². The van der Waals surface area contributed by atoms with Crippen LogP contribution in [0.4, 0.5) is 0 Å². The molecule has 0 fully saturated rings. The molecule has 1 unspecified atom stereocenters. The van der Waals surface area contributed by atoms with E-state index in [0.717, 1.165) is 21.8 Å². The fraction of sp³-hybridized carbons (Fsp3) is 0.294. The van der Waals surface area contributed by atoms with E-state index in [0.29, 0.717) is 12.3 Å². The van der Waals surface area contributed by atoms with Crippen molar-refractivity contribution in [3.05, 3.63) is 58.7 Å². The van der Waals surface area contributed by atoms with Crippen molar-refractivity contribution in [3.63, 3.8) is 0 Å². The zero-order valence-electron chi connectivity index (χ0n) is 12.7. The molecule has 2 aromatic rings. The fourth-order valence-electron chi connectivity index (χ4n) is 2.17. The van der Waals surface area contributed by atoms with Gasteiger partial charge in [-0.3, -0.25) is 4.21 Å². The van der Waals surface area contributed by atoms with Crippen LogP contribution in [-0.4, -0.2) is 11.3 Å². The predicted molar refractivity (Wildman–Crippen MR) is 86.9 cm³/mol. The van der Waals surface area contributed by atoms with Crippen molar-refractivity contribution >= 4 is 10.8 Å². The molecule has 3 nitrogen and oxygen atoms in total. The van der Waals surface area contributed by atoms with Crippen LogP contribution in [0.25, 0.3) is 0 Å². The third-order valence-corrected chi connectivity index (χ3v) is 4.98. The standard InChI is InChI=1S/C17H21NO2S/c1-12-4-6-16(8-13(12)2)21(19)11-14-5-7-17(20-3)15(9-14)10-18/h4-9H,10-11,18H2,1-3H3. The minimum Gasteiger partial charge on any atom is -0.496 e. The summed E-state index contributed by atoms with van der Waals surface area (Å²) in [4.78, 5) is 0.864. The van der Waals surface area contributed by atoms with Gasteiger partial charge in [0.2, 0.25) is 0 Å². The summed E-state index contributed by atoms with van der Waals surface area (Å²) < 4.78 is 17.7. The second kappa shape index (κ2) is 6.87. The molecule has 0 heterocycles. The summed E-state index contributed by atoms with van der Waals surface area (Å²) in [5.41, 5.74) is 10.0. The van der Waals surface area contributed by atoms with Crippen LogP contribution in [0.2, 0.25) is 0 Å². The van der Waals surface area contributed by atoms with Crippen LogP contribution >= 0.6 is 0 Å². The van der Waals surface area contributed by atoms with Crippen LogP contribution in [0.1, 0.15) is 22.3 Å². The van der Waals surface area contributed by atoms with Crippen molar-refractivity contribution in [2.75, 3.05) is 7.11 Å². The minimum atomic E-state index is -1.05. The van der Waals surface area contributed by atoms with Crippen LogP contribution in [0.5, 0.6) is 5.75 Å². The molecule has 0 aliphatic heterocycles.